The highest BCUT2D eigenvalue weighted by atomic mass is 35.5. The second kappa shape index (κ2) is 11.5. The predicted octanol–water partition coefficient (Wildman–Crippen LogP) is 3.49. The van der Waals surface area contributed by atoms with E-state index in [1.807, 2.05) is 18.2 Å². The average molecular weight is 415 g/mol. The molecule has 0 bridgehead atoms. The summed E-state index contributed by atoms with van der Waals surface area (Å²) in [7, 11) is 2.06. The third-order valence-electron chi connectivity index (χ3n) is 5.48. The minimum atomic E-state index is 0. The van der Waals surface area contributed by atoms with Crippen molar-refractivity contribution in [3.8, 4) is 0 Å². The van der Waals surface area contributed by atoms with Crippen molar-refractivity contribution in [2.75, 3.05) is 19.6 Å². The predicted molar refractivity (Wildman–Crippen MR) is 116 cm³/mol. The molecular formula is C20H32Cl2N4O. The Hall–Kier alpha value is -1.30. The van der Waals surface area contributed by atoms with Crippen molar-refractivity contribution >= 4 is 41.8 Å². The molecular weight excluding hydrogens is 383 g/mol. The third kappa shape index (κ3) is 6.37. The number of carbonyl (C=O) groups is 1. The second-order valence-electron chi connectivity index (χ2n) is 7.30. The smallest absolute Gasteiger partial charge is 0.220 e. The van der Waals surface area contributed by atoms with Gasteiger partial charge in [0.05, 0.1) is 11.0 Å². The number of piperidine rings is 1. The Balaban J connectivity index is 0.00000182. The standard InChI is InChI=1S/C20H30N4O.2ClH/c1-15(16-9-12-21-13-10-16)14-20(25)22-11-5-8-19-23-17-6-3-4-7-18(17)24(19)2;;/h3-4,6-7,15-16,21H,5,8-14H2,1-2H3,(H,22,25);2*1H. The van der Waals surface area contributed by atoms with Crippen molar-refractivity contribution in [2.24, 2.45) is 18.9 Å². The molecule has 152 valence electrons. The number of halogens is 2. The van der Waals surface area contributed by atoms with E-state index in [1.165, 1.54) is 12.8 Å². The van der Waals surface area contributed by atoms with Gasteiger partial charge in [0.15, 0.2) is 0 Å². The van der Waals surface area contributed by atoms with Crippen molar-refractivity contribution in [3.05, 3.63) is 30.1 Å². The fraction of sp³-hybridized carbons (Fsp3) is 0.600. The quantitative estimate of drug-likeness (QED) is 0.681. The molecule has 0 aliphatic carbocycles. The molecule has 1 atom stereocenters. The van der Waals surface area contributed by atoms with Crippen LogP contribution < -0.4 is 10.6 Å². The van der Waals surface area contributed by atoms with E-state index in [2.05, 4.69) is 40.2 Å². The molecule has 2 N–H and O–H groups in total. The van der Waals surface area contributed by atoms with E-state index in [-0.39, 0.29) is 30.7 Å². The van der Waals surface area contributed by atoms with Gasteiger partial charge >= 0.3 is 0 Å². The first-order valence-corrected chi connectivity index (χ1v) is 9.53. The van der Waals surface area contributed by atoms with Crippen LogP contribution in [0.1, 0.15) is 38.4 Å². The van der Waals surface area contributed by atoms with Crippen molar-refractivity contribution in [1.29, 1.82) is 0 Å². The minimum Gasteiger partial charge on any atom is -0.356 e. The number of rotatable bonds is 7. The molecule has 1 aliphatic heterocycles. The fourth-order valence-corrected chi connectivity index (χ4v) is 3.84. The van der Waals surface area contributed by atoms with Gasteiger partial charge in [-0.2, -0.15) is 0 Å². The zero-order valence-corrected chi connectivity index (χ0v) is 17.9. The Labute approximate surface area is 174 Å². The van der Waals surface area contributed by atoms with Gasteiger partial charge in [0.1, 0.15) is 5.82 Å². The number of aryl methyl sites for hydroxylation is 2. The first kappa shape index (κ1) is 23.7. The summed E-state index contributed by atoms with van der Waals surface area (Å²) >= 11 is 0. The van der Waals surface area contributed by atoms with Crippen LogP contribution in [0, 0.1) is 11.8 Å². The number of fused-ring (bicyclic) bond motifs is 1. The van der Waals surface area contributed by atoms with E-state index in [0.717, 1.165) is 49.3 Å². The van der Waals surface area contributed by atoms with Crippen LogP contribution in [-0.2, 0) is 18.3 Å². The molecule has 1 aromatic heterocycles. The first-order valence-electron chi connectivity index (χ1n) is 9.53. The Morgan fingerprint density at radius 2 is 2.00 bits per heavy atom. The van der Waals surface area contributed by atoms with E-state index >= 15 is 0 Å². The van der Waals surface area contributed by atoms with E-state index in [9.17, 15) is 4.79 Å². The molecule has 3 rings (SSSR count). The zero-order chi connectivity index (χ0) is 17.6. The molecule has 27 heavy (non-hydrogen) atoms. The molecule has 1 amide bonds. The van der Waals surface area contributed by atoms with Crippen molar-refractivity contribution in [1.82, 2.24) is 20.2 Å². The van der Waals surface area contributed by atoms with E-state index in [1.54, 1.807) is 0 Å². The van der Waals surface area contributed by atoms with Crippen LogP contribution in [0.2, 0.25) is 0 Å². The molecule has 0 spiro atoms. The number of nitrogens with zero attached hydrogens (tertiary/aromatic N) is 2. The molecule has 1 saturated heterocycles. The number of hydrogen-bond donors (Lipinski definition) is 2. The lowest BCUT2D eigenvalue weighted by Gasteiger charge is -2.27. The van der Waals surface area contributed by atoms with Crippen LogP contribution in [0.3, 0.4) is 0 Å². The maximum atomic E-state index is 12.2. The molecule has 1 aliphatic rings. The van der Waals surface area contributed by atoms with Gasteiger partial charge in [0.2, 0.25) is 5.91 Å². The van der Waals surface area contributed by atoms with Gasteiger partial charge in [0, 0.05) is 26.4 Å². The molecule has 2 heterocycles. The summed E-state index contributed by atoms with van der Waals surface area (Å²) < 4.78 is 2.15. The highest BCUT2D eigenvalue weighted by Gasteiger charge is 2.21. The highest BCUT2D eigenvalue weighted by molar-refractivity contribution is 5.85. The van der Waals surface area contributed by atoms with Crippen LogP contribution >= 0.6 is 24.8 Å². The summed E-state index contributed by atoms with van der Waals surface area (Å²) in [6, 6.07) is 8.19. The van der Waals surface area contributed by atoms with Crippen LogP contribution in [0.5, 0.6) is 0 Å². The summed E-state index contributed by atoms with van der Waals surface area (Å²) in [6.07, 6.45) is 4.85. The second-order valence-corrected chi connectivity index (χ2v) is 7.30. The van der Waals surface area contributed by atoms with Crippen LogP contribution in [0.25, 0.3) is 11.0 Å². The molecule has 5 nitrogen and oxygen atoms in total. The fourth-order valence-electron chi connectivity index (χ4n) is 3.84. The Morgan fingerprint density at radius 1 is 1.30 bits per heavy atom. The lowest BCUT2D eigenvalue weighted by Crippen LogP contribution is -2.33. The molecule has 1 aromatic carbocycles. The molecule has 1 fully saturated rings. The van der Waals surface area contributed by atoms with Crippen molar-refractivity contribution in [3.63, 3.8) is 0 Å². The number of nitrogens with one attached hydrogen (secondary N) is 2. The average Bonchev–Trinajstić information content (AvgIpc) is 2.96. The number of aromatic nitrogens is 2. The lowest BCUT2D eigenvalue weighted by atomic mass is 9.84. The van der Waals surface area contributed by atoms with Gasteiger partial charge in [-0.1, -0.05) is 19.1 Å². The van der Waals surface area contributed by atoms with Gasteiger partial charge in [-0.15, -0.1) is 24.8 Å². The number of imidazole rings is 1. The number of benzene rings is 1. The number of para-hydroxylation sites is 2. The molecule has 1 unspecified atom stereocenters. The van der Waals surface area contributed by atoms with Crippen molar-refractivity contribution < 1.29 is 4.79 Å². The molecule has 7 heteroatoms. The third-order valence-corrected chi connectivity index (χ3v) is 5.48. The summed E-state index contributed by atoms with van der Waals surface area (Å²) in [5.41, 5.74) is 2.21. The van der Waals surface area contributed by atoms with Gasteiger partial charge in [-0.05, 0) is 56.3 Å². The number of hydrogen-bond acceptors (Lipinski definition) is 3. The van der Waals surface area contributed by atoms with Crippen LogP contribution in [0.4, 0.5) is 0 Å². The number of carbonyl (C=O) groups excluding carboxylic acids is 1. The lowest BCUT2D eigenvalue weighted by molar-refractivity contribution is -0.122. The molecule has 0 saturated carbocycles. The minimum absolute atomic E-state index is 0. The molecule has 0 radical (unpaired) electrons. The summed E-state index contributed by atoms with van der Waals surface area (Å²) in [6.45, 7) is 5.12. The topological polar surface area (TPSA) is 59.0 Å². The Bertz CT molecular complexity index is 713. The Kier molecular flexibility index (Phi) is 10.1. The highest BCUT2D eigenvalue weighted by Crippen LogP contribution is 2.24. The van der Waals surface area contributed by atoms with Gasteiger partial charge < -0.3 is 15.2 Å². The van der Waals surface area contributed by atoms with Gasteiger partial charge in [-0.3, -0.25) is 4.79 Å². The van der Waals surface area contributed by atoms with Crippen molar-refractivity contribution in [2.45, 2.75) is 39.0 Å². The van der Waals surface area contributed by atoms with Crippen LogP contribution in [-0.4, -0.2) is 35.1 Å². The largest absolute Gasteiger partial charge is 0.356 e. The summed E-state index contributed by atoms with van der Waals surface area (Å²) in [5.74, 6) is 2.43. The van der Waals surface area contributed by atoms with Gasteiger partial charge in [0.25, 0.3) is 0 Å². The van der Waals surface area contributed by atoms with E-state index < -0.39 is 0 Å². The maximum absolute atomic E-state index is 12.2. The van der Waals surface area contributed by atoms with Gasteiger partial charge in [-0.25, -0.2) is 4.98 Å². The monoisotopic (exact) mass is 414 g/mol. The van der Waals surface area contributed by atoms with Crippen LogP contribution in [0.15, 0.2) is 24.3 Å². The Morgan fingerprint density at radius 3 is 2.70 bits per heavy atom. The zero-order valence-electron chi connectivity index (χ0n) is 16.2. The first-order chi connectivity index (χ1) is 12.1. The van der Waals surface area contributed by atoms with E-state index in [0.29, 0.717) is 18.3 Å². The number of amides is 1. The molecule has 2 aromatic rings. The summed E-state index contributed by atoms with van der Waals surface area (Å²) in [4.78, 5) is 16.9. The van der Waals surface area contributed by atoms with E-state index in [4.69, 9.17) is 0 Å². The normalized spacial score (nSPS) is 15.6. The maximum Gasteiger partial charge on any atom is 0.220 e. The SMILES string of the molecule is CC(CC(=O)NCCCc1nc2ccccc2n1C)C1CCNCC1.Cl.Cl. The summed E-state index contributed by atoms with van der Waals surface area (Å²) in [5, 5.41) is 6.47.